The monoisotopic (exact) mass is 446 g/mol. The molecule has 1 aliphatic rings. The first-order valence-corrected chi connectivity index (χ1v) is 11.5. The summed E-state index contributed by atoms with van der Waals surface area (Å²) in [4.78, 5) is 26.8. The Bertz CT molecular complexity index is 1020. The fourth-order valence-corrected chi connectivity index (χ4v) is 4.77. The lowest BCUT2D eigenvalue weighted by Gasteiger charge is -2.26. The van der Waals surface area contributed by atoms with Gasteiger partial charge in [-0.15, -0.1) is 0 Å². The van der Waals surface area contributed by atoms with Crippen molar-refractivity contribution < 1.29 is 27.5 Å². The Hall–Kier alpha value is -2.75. The topological polar surface area (TPSA) is 93.2 Å². The Morgan fingerprint density at radius 1 is 1.06 bits per heavy atom. The third-order valence-corrected chi connectivity index (χ3v) is 6.72. The molecule has 0 spiro atoms. The highest BCUT2D eigenvalue weighted by molar-refractivity contribution is 7.89. The van der Waals surface area contributed by atoms with Gasteiger partial charge in [0.15, 0.2) is 6.61 Å². The molecule has 1 fully saturated rings. The summed E-state index contributed by atoms with van der Waals surface area (Å²) in [5.41, 5.74) is 0.773. The van der Waals surface area contributed by atoms with Gasteiger partial charge in [-0.05, 0) is 44.2 Å². The molecular weight excluding hydrogens is 420 g/mol. The molecule has 9 heteroatoms. The van der Waals surface area contributed by atoms with Gasteiger partial charge in [-0.2, -0.15) is 4.31 Å². The van der Waals surface area contributed by atoms with Crippen LogP contribution in [-0.2, 0) is 24.3 Å². The van der Waals surface area contributed by atoms with Gasteiger partial charge in [0.05, 0.1) is 23.7 Å². The summed E-state index contributed by atoms with van der Waals surface area (Å²) < 4.78 is 37.3. The molecule has 0 N–H and O–H groups in total. The van der Waals surface area contributed by atoms with E-state index in [1.54, 1.807) is 17.0 Å². The highest BCUT2D eigenvalue weighted by Gasteiger charge is 2.27. The minimum absolute atomic E-state index is 0.00303. The van der Waals surface area contributed by atoms with E-state index in [0.717, 1.165) is 0 Å². The van der Waals surface area contributed by atoms with Gasteiger partial charge in [-0.25, -0.2) is 13.2 Å². The second-order valence-corrected chi connectivity index (χ2v) is 9.25. The van der Waals surface area contributed by atoms with E-state index in [1.807, 2.05) is 32.0 Å². The van der Waals surface area contributed by atoms with E-state index in [-0.39, 0.29) is 35.5 Å². The van der Waals surface area contributed by atoms with Gasteiger partial charge in [0.2, 0.25) is 10.0 Å². The number of sulfonamides is 1. The number of amides is 1. The van der Waals surface area contributed by atoms with E-state index < -0.39 is 22.6 Å². The predicted octanol–water partition coefficient (Wildman–Crippen LogP) is 2.31. The van der Waals surface area contributed by atoms with E-state index >= 15 is 0 Å². The Morgan fingerprint density at radius 2 is 1.74 bits per heavy atom. The number of anilines is 1. The molecule has 0 unspecified atom stereocenters. The Kier molecular flexibility index (Phi) is 7.42. The first kappa shape index (κ1) is 22.9. The number of morpholine rings is 1. The van der Waals surface area contributed by atoms with Crippen LogP contribution in [0, 0.1) is 0 Å². The van der Waals surface area contributed by atoms with Crippen molar-refractivity contribution in [1.82, 2.24) is 4.31 Å². The summed E-state index contributed by atoms with van der Waals surface area (Å²) in [5, 5.41) is 0. The summed E-state index contributed by atoms with van der Waals surface area (Å²) in [6.45, 7) is 4.46. The third-order valence-electron chi connectivity index (χ3n) is 4.82. The van der Waals surface area contributed by atoms with Crippen molar-refractivity contribution in [1.29, 1.82) is 0 Å². The van der Waals surface area contributed by atoms with Gasteiger partial charge >= 0.3 is 5.97 Å². The molecule has 2 aromatic rings. The van der Waals surface area contributed by atoms with Gasteiger partial charge in [-0.3, -0.25) is 4.79 Å². The van der Waals surface area contributed by atoms with Gasteiger partial charge in [0, 0.05) is 24.8 Å². The highest BCUT2D eigenvalue weighted by atomic mass is 32.2. The van der Waals surface area contributed by atoms with E-state index in [2.05, 4.69) is 0 Å². The van der Waals surface area contributed by atoms with Gasteiger partial charge in [0.25, 0.3) is 5.91 Å². The van der Waals surface area contributed by atoms with Crippen LogP contribution in [0.3, 0.4) is 0 Å². The average Bonchev–Trinajstić information content (AvgIpc) is 2.78. The predicted molar refractivity (Wildman–Crippen MR) is 115 cm³/mol. The fraction of sp³-hybridized carbons (Fsp3) is 0.364. The normalized spacial score (nSPS) is 14.9. The van der Waals surface area contributed by atoms with E-state index in [0.29, 0.717) is 18.9 Å². The Morgan fingerprint density at radius 3 is 2.39 bits per heavy atom. The van der Waals surface area contributed by atoms with E-state index in [4.69, 9.17) is 9.47 Å². The van der Waals surface area contributed by atoms with Crippen molar-refractivity contribution in [2.45, 2.75) is 24.8 Å². The zero-order chi connectivity index (χ0) is 22.4. The molecule has 0 bridgehead atoms. The SMILES string of the molecule is CC(C)N(C(=O)COC(=O)c1cccc(S(=O)(=O)N2CCOCC2)c1)c1ccccc1. The van der Waals surface area contributed by atoms with Gasteiger partial charge in [-0.1, -0.05) is 24.3 Å². The van der Waals surface area contributed by atoms with Crippen LogP contribution in [0.25, 0.3) is 0 Å². The van der Waals surface area contributed by atoms with Crippen LogP contribution in [0.1, 0.15) is 24.2 Å². The minimum Gasteiger partial charge on any atom is -0.452 e. The highest BCUT2D eigenvalue weighted by Crippen LogP contribution is 2.20. The van der Waals surface area contributed by atoms with Crippen LogP contribution in [0.5, 0.6) is 0 Å². The first-order chi connectivity index (χ1) is 14.8. The molecule has 1 heterocycles. The number of ether oxygens (including phenoxy) is 2. The largest absolute Gasteiger partial charge is 0.452 e. The summed E-state index contributed by atoms with van der Waals surface area (Å²) in [6, 6.07) is 14.6. The van der Waals surface area contributed by atoms with Crippen molar-refractivity contribution >= 4 is 27.6 Å². The standard InChI is InChI=1S/C22H26N2O6S/c1-17(2)24(19-8-4-3-5-9-19)21(25)16-30-22(26)18-7-6-10-20(15-18)31(27,28)23-11-13-29-14-12-23/h3-10,15,17H,11-14,16H2,1-2H3. The van der Waals surface area contributed by atoms with Crippen molar-refractivity contribution in [3.63, 3.8) is 0 Å². The first-order valence-electron chi connectivity index (χ1n) is 10.0. The minimum atomic E-state index is -3.74. The van der Waals surface area contributed by atoms with Gasteiger partial charge < -0.3 is 14.4 Å². The molecule has 166 valence electrons. The number of carbonyl (C=O) groups excluding carboxylic acids is 2. The van der Waals surface area contributed by atoms with Crippen molar-refractivity contribution in [2.75, 3.05) is 37.8 Å². The van der Waals surface area contributed by atoms with Crippen LogP contribution in [0.15, 0.2) is 59.5 Å². The molecule has 8 nitrogen and oxygen atoms in total. The maximum Gasteiger partial charge on any atom is 0.338 e. The number of para-hydroxylation sites is 1. The number of hydrogen-bond acceptors (Lipinski definition) is 6. The molecule has 1 aliphatic heterocycles. The second-order valence-electron chi connectivity index (χ2n) is 7.31. The van der Waals surface area contributed by atoms with E-state index in [9.17, 15) is 18.0 Å². The molecule has 1 amide bonds. The maximum absolute atomic E-state index is 12.8. The Balaban J connectivity index is 1.69. The molecule has 31 heavy (non-hydrogen) atoms. The molecule has 0 atom stereocenters. The van der Waals surface area contributed by atoms with Crippen LogP contribution in [0.4, 0.5) is 5.69 Å². The molecular formula is C22H26N2O6S. The zero-order valence-corrected chi connectivity index (χ0v) is 18.4. The zero-order valence-electron chi connectivity index (χ0n) is 17.6. The summed E-state index contributed by atoms with van der Waals surface area (Å²) in [7, 11) is -3.74. The molecule has 2 aromatic carbocycles. The smallest absolute Gasteiger partial charge is 0.338 e. The molecule has 0 aliphatic carbocycles. The molecule has 0 aromatic heterocycles. The lowest BCUT2D eigenvalue weighted by molar-refractivity contribution is -0.122. The molecule has 1 saturated heterocycles. The number of carbonyl (C=O) groups is 2. The third kappa shape index (κ3) is 5.49. The molecule has 0 radical (unpaired) electrons. The van der Waals surface area contributed by atoms with E-state index in [1.165, 1.54) is 28.6 Å². The quantitative estimate of drug-likeness (QED) is 0.606. The van der Waals surface area contributed by atoms with Crippen molar-refractivity contribution in [2.24, 2.45) is 0 Å². The summed E-state index contributed by atoms with van der Waals surface area (Å²) >= 11 is 0. The van der Waals surface area contributed by atoms with Crippen molar-refractivity contribution in [3.05, 3.63) is 60.2 Å². The lowest BCUT2D eigenvalue weighted by Crippen LogP contribution is -2.40. The number of esters is 1. The molecule has 3 rings (SSSR count). The summed E-state index contributed by atoms with van der Waals surface area (Å²) in [6.07, 6.45) is 0. The van der Waals surface area contributed by atoms with Crippen LogP contribution in [-0.4, -0.2) is 63.6 Å². The summed E-state index contributed by atoms with van der Waals surface area (Å²) in [5.74, 6) is -1.13. The lowest BCUT2D eigenvalue weighted by atomic mass is 10.2. The fourth-order valence-electron chi connectivity index (χ4n) is 3.32. The number of rotatable bonds is 7. The van der Waals surface area contributed by atoms with Crippen LogP contribution >= 0.6 is 0 Å². The maximum atomic E-state index is 12.8. The molecule has 0 saturated carbocycles. The number of hydrogen-bond donors (Lipinski definition) is 0. The van der Waals surface area contributed by atoms with Gasteiger partial charge in [0.1, 0.15) is 0 Å². The Labute approximate surface area is 182 Å². The van der Waals surface area contributed by atoms with Crippen LogP contribution in [0.2, 0.25) is 0 Å². The van der Waals surface area contributed by atoms with Crippen molar-refractivity contribution in [3.8, 4) is 0 Å². The number of nitrogens with zero attached hydrogens (tertiary/aromatic N) is 2. The second kappa shape index (κ2) is 10.0. The number of benzene rings is 2. The average molecular weight is 447 g/mol. The van der Waals surface area contributed by atoms with Crippen LogP contribution < -0.4 is 4.90 Å².